The Morgan fingerprint density at radius 3 is 2.88 bits per heavy atom. The molecule has 90 valence electrons. The lowest BCUT2D eigenvalue weighted by Gasteiger charge is -2.23. The fourth-order valence-corrected chi connectivity index (χ4v) is 1.75. The average Bonchev–Trinajstić information content (AvgIpc) is 2.29. The molecule has 2 atom stereocenters. The number of piperidine rings is 1. The zero-order valence-electron chi connectivity index (χ0n) is 9.24. The van der Waals surface area contributed by atoms with Crippen LogP contribution in [0.4, 0.5) is 0 Å². The summed E-state index contributed by atoms with van der Waals surface area (Å²) in [6.07, 6.45) is 3.52. The summed E-state index contributed by atoms with van der Waals surface area (Å²) in [6, 6.07) is -0.855. The van der Waals surface area contributed by atoms with E-state index in [0.717, 1.165) is 19.4 Å². The second-order valence-electron chi connectivity index (χ2n) is 3.97. The molecule has 5 nitrogen and oxygen atoms in total. The van der Waals surface area contributed by atoms with Crippen molar-refractivity contribution in [2.24, 2.45) is 5.92 Å². The summed E-state index contributed by atoms with van der Waals surface area (Å²) in [7, 11) is 0. The summed E-state index contributed by atoms with van der Waals surface area (Å²) in [6.45, 7) is 5.04. The maximum atomic E-state index is 11.7. The first-order valence-corrected chi connectivity index (χ1v) is 5.50. The summed E-state index contributed by atoms with van der Waals surface area (Å²) >= 11 is 0. The van der Waals surface area contributed by atoms with Gasteiger partial charge in [0.2, 0.25) is 5.91 Å². The van der Waals surface area contributed by atoms with Gasteiger partial charge in [0, 0.05) is 6.54 Å². The molecule has 0 aliphatic carbocycles. The van der Waals surface area contributed by atoms with Gasteiger partial charge in [-0.2, -0.15) is 0 Å². The number of carbonyl (C=O) groups excluding carboxylic acids is 1. The van der Waals surface area contributed by atoms with Crippen molar-refractivity contribution < 1.29 is 14.7 Å². The minimum absolute atomic E-state index is 0.111. The average molecular weight is 226 g/mol. The van der Waals surface area contributed by atoms with E-state index in [4.69, 9.17) is 5.11 Å². The molecule has 0 radical (unpaired) electrons. The molecule has 1 heterocycles. The number of carboxylic acid groups (broad SMARTS) is 1. The highest BCUT2D eigenvalue weighted by atomic mass is 16.4. The van der Waals surface area contributed by atoms with Gasteiger partial charge in [-0.25, -0.2) is 4.79 Å². The molecule has 2 unspecified atom stereocenters. The van der Waals surface area contributed by atoms with Crippen molar-refractivity contribution in [3.63, 3.8) is 0 Å². The smallest absolute Gasteiger partial charge is 0.326 e. The standard InChI is InChI=1S/C11H18N2O3/c1-2-4-9(11(15)16)13-10(14)8-5-3-6-12-7-8/h2,8-9,12H,1,3-7H2,(H,13,14)(H,15,16). The molecular formula is C11H18N2O3. The molecule has 1 aliphatic heterocycles. The van der Waals surface area contributed by atoms with Crippen LogP contribution in [0.3, 0.4) is 0 Å². The first-order chi connectivity index (χ1) is 7.65. The summed E-state index contributed by atoms with van der Waals surface area (Å²) < 4.78 is 0. The minimum Gasteiger partial charge on any atom is -0.480 e. The third-order valence-corrected chi connectivity index (χ3v) is 2.68. The van der Waals surface area contributed by atoms with Crippen LogP contribution < -0.4 is 10.6 Å². The Morgan fingerprint density at radius 2 is 2.38 bits per heavy atom. The van der Waals surface area contributed by atoms with E-state index < -0.39 is 12.0 Å². The van der Waals surface area contributed by atoms with E-state index in [1.165, 1.54) is 6.08 Å². The van der Waals surface area contributed by atoms with Crippen molar-refractivity contribution in [3.8, 4) is 0 Å². The molecule has 1 saturated heterocycles. The first-order valence-electron chi connectivity index (χ1n) is 5.50. The molecule has 0 aromatic rings. The van der Waals surface area contributed by atoms with Crippen molar-refractivity contribution in [1.29, 1.82) is 0 Å². The van der Waals surface area contributed by atoms with Crippen LogP contribution in [0.15, 0.2) is 12.7 Å². The molecule has 0 aromatic carbocycles. The predicted molar refractivity (Wildman–Crippen MR) is 60.0 cm³/mol. The fourth-order valence-electron chi connectivity index (χ4n) is 1.75. The van der Waals surface area contributed by atoms with Gasteiger partial charge in [-0.1, -0.05) is 6.08 Å². The quantitative estimate of drug-likeness (QED) is 0.582. The third-order valence-electron chi connectivity index (χ3n) is 2.68. The predicted octanol–water partition coefficient (Wildman–Crippen LogP) is 0.132. The van der Waals surface area contributed by atoms with E-state index in [-0.39, 0.29) is 18.2 Å². The number of hydrogen-bond donors (Lipinski definition) is 3. The lowest BCUT2D eigenvalue weighted by molar-refractivity contribution is -0.142. The highest BCUT2D eigenvalue weighted by Crippen LogP contribution is 2.10. The fraction of sp³-hybridized carbons (Fsp3) is 0.636. The summed E-state index contributed by atoms with van der Waals surface area (Å²) in [5.41, 5.74) is 0. The number of aliphatic carboxylic acids is 1. The molecule has 1 rings (SSSR count). The molecule has 0 spiro atoms. The van der Waals surface area contributed by atoms with Gasteiger partial charge in [0.1, 0.15) is 6.04 Å². The highest BCUT2D eigenvalue weighted by molar-refractivity contribution is 5.85. The van der Waals surface area contributed by atoms with E-state index in [2.05, 4.69) is 17.2 Å². The Hall–Kier alpha value is -1.36. The molecule has 1 amide bonds. The number of carbonyl (C=O) groups is 2. The van der Waals surface area contributed by atoms with Crippen LogP contribution in [0.25, 0.3) is 0 Å². The molecule has 3 N–H and O–H groups in total. The van der Waals surface area contributed by atoms with Crippen LogP contribution in [-0.2, 0) is 9.59 Å². The Morgan fingerprint density at radius 1 is 1.62 bits per heavy atom. The Bertz CT molecular complexity index is 272. The Balaban J connectivity index is 2.46. The van der Waals surface area contributed by atoms with Gasteiger partial charge in [-0.05, 0) is 25.8 Å². The van der Waals surface area contributed by atoms with E-state index >= 15 is 0 Å². The highest BCUT2D eigenvalue weighted by Gasteiger charge is 2.25. The molecule has 1 aliphatic rings. The SMILES string of the molecule is C=CCC(NC(=O)C1CCCNC1)C(=O)O. The van der Waals surface area contributed by atoms with Crippen LogP contribution in [0.5, 0.6) is 0 Å². The zero-order chi connectivity index (χ0) is 12.0. The molecule has 16 heavy (non-hydrogen) atoms. The topological polar surface area (TPSA) is 78.4 Å². The zero-order valence-corrected chi connectivity index (χ0v) is 9.24. The molecule has 0 aromatic heterocycles. The second-order valence-corrected chi connectivity index (χ2v) is 3.97. The normalized spacial score (nSPS) is 22.1. The molecule has 5 heteroatoms. The van der Waals surface area contributed by atoms with Crippen LogP contribution in [0.1, 0.15) is 19.3 Å². The van der Waals surface area contributed by atoms with Crippen LogP contribution in [0, 0.1) is 5.92 Å². The monoisotopic (exact) mass is 226 g/mol. The molecule has 0 bridgehead atoms. The maximum Gasteiger partial charge on any atom is 0.326 e. The number of hydrogen-bond acceptors (Lipinski definition) is 3. The van der Waals surface area contributed by atoms with Crippen molar-refractivity contribution in [1.82, 2.24) is 10.6 Å². The van der Waals surface area contributed by atoms with Gasteiger partial charge in [-0.3, -0.25) is 4.79 Å². The number of carboxylic acids is 1. The van der Waals surface area contributed by atoms with Gasteiger partial charge in [-0.15, -0.1) is 6.58 Å². The van der Waals surface area contributed by atoms with Crippen LogP contribution in [0.2, 0.25) is 0 Å². The number of rotatable bonds is 5. The van der Waals surface area contributed by atoms with Crippen molar-refractivity contribution in [3.05, 3.63) is 12.7 Å². The van der Waals surface area contributed by atoms with E-state index in [9.17, 15) is 9.59 Å². The Labute approximate surface area is 94.9 Å². The largest absolute Gasteiger partial charge is 0.480 e. The van der Waals surface area contributed by atoms with Crippen molar-refractivity contribution >= 4 is 11.9 Å². The molecular weight excluding hydrogens is 208 g/mol. The lowest BCUT2D eigenvalue weighted by Crippen LogP contribution is -2.47. The third kappa shape index (κ3) is 3.66. The second kappa shape index (κ2) is 6.27. The van der Waals surface area contributed by atoms with E-state index in [1.54, 1.807) is 0 Å². The van der Waals surface area contributed by atoms with Gasteiger partial charge in [0.05, 0.1) is 5.92 Å². The first kappa shape index (κ1) is 12.7. The molecule has 0 saturated carbocycles. The number of amides is 1. The van der Waals surface area contributed by atoms with Crippen LogP contribution >= 0.6 is 0 Å². The van der Waals surface area contributed by atoms with Gasteiger partial charge in [0.25, 0.3) is 0 Å². The summed E-state index contributed by atoms with van der Waals surface area (Å²) in [5.74, 6) is -1.31. The molecule has 1 fully saturated rings. The van der Waals surface area contributed by atoms with Gasteiger partial charge >= 0.3 is 5.97 Å². The van der Waals surface area contributed by atoms with E-state index in [1.807, 2.05) is 0 Å². The Kier molecular flexibility index (Phi) is 4.98. The van der Waals surface area contributed by atoms with Gasteiger partial charge in [0.15, 0.2) is 0 Å². The van der Waals surface area contributed by atoms with Gasteiger partial charge < -0.3 is 15.7 Å². The lowest BCUT2D eigenvalue weighted by atomic mass is 9.98. The van der Waals surface area contributed by atoms with Crippen molar-refractivity contribution in [2.75, 3.05) is 13.1 Å². The maximum absolute atomic E-state index is 11.7. The van der Waals surface area contributed by atoms with Crippen molar-refractivity contribution in [2.45, 2.75) is 25.3 Å². The summed E-state index contributed by atoms with van der Waals surface area (Å²) in [4.78, 5) is 22.6. The van der Waals surface area contributed by atoms with E-state index in [0.29, 0.717) is 6.54 Å². The number of nitrogens with one attached hydrogen (secondary N) is 2. The summed E-state index contributed by atoms with van der Waals surface area (Å²) in [5, 5.41) is 14.5. The minimum atomic E-state index is -1.02. The van der Waals surface area contributed by atoms with Crippen LogP contribution in [-0.4, -0.2) is 36.1 Å².